The zero-order valence-corrected chi connectivity index (χ0v) is 20.4. The molecule has 2 heterocycles. The normalized spacial score (nSPS) is 11.1. The van der Waals surface area contributed by atoms with Crippen LogP contribution in [0.2, 0.25) is 5.02 Å². The number of carbonyl (C=O) groups excluding carboxylic acids is 1. The van der Waals surface area contributed by atoms with Crippen LogP contribution >= 0.6 is 23.4 Å². The molecule has 0 radical (unpaired) electrons. The van der Waals surface area contributed by atoms with Gasteiger partial charge in [-0.2, -0.15) is 0 Å². The molecule has 1 amide bonds. The van der Waals surface area contributed by atoms with Crippen LogP contribution in [0.1, 0.15) is 12.0 Å². The lowest BCUT2D eigenvalue weighted by Gasteiger charge is -2.11. The number of hydrogen-bond donors (Lipinski definition) is 1. The molecular weight excluding hydrogens is 474 g/mol. The van der Waals surface area contributed by atoms with Crippen molar-refractivity contribution >= 4 is 46.1 Å². The molecule has 2 aromatic heterocycles. The predicted octanol–water partition coefficient (Wildman–Crippen LogP) is 3.45. The number of halogens is 1. The number of anilines is 1. The Morgan fingerprint density at radius 1 is 1.03 bits per heavy atom. The summed E-state index contributed by atoms with van der Waals surface area (Å²) in [7, 11) is 3.08. The minimum atomic E-state index is -0.435. The maximum Gasteiger partial charge on any atom is 0.332 e. The number of imidazole rings is 1. The summed E-state index contributed by atoms with van der Waals surface area (Å²) >= 11 is 7.49. The summed E-state index contributed by atoms with van der Waals surface area (Å²) in [5, 5.41) is 3.87. The van der Waals surface area contributed by atoms with E-state index in [1.54, 1.807) is 31.3 Å². The van der Waals surface area contributed by atoms with Crippen LogP contribution < -0.4 is 16.6 Å². The number of hydrogen-bond acceptors (Lipinski definition) is 5. The van der Waals surface area contributed by atoms with Gasteiger partial charge in [0, 0.05) is 32.8 Å². The largest absolute Gasteiger partial charge is 0.332 e. The van der Waals surface area contributed by atoms with Crippen molar-refractivity contribution in [1.82, 2.24) is 18.7 Å². The van der Waals surface area contributed by atoms with E-state index < -0.39 is 11.2 Å². The smallest absolute Gasteiger partial charge is 0.325 e. The standard InChI is InChI=1S/C24H24ClN5O3S/c1-28-21-20(22(32)29(2)24(28)33)27-23(30(21)14-12-16-8-4-3-5-9-16)34-15-13-19(31)26-18-11-7-6-10-17(18)25/h3-11H,12-15H2,1-2H3,(H,26,31). The molecule has 0 unspecified atom stereocenters. The van der Waals surface area contributed by atoms with E-state index in [2.05, 4.69) is 10.3 Å². The summed E-state index contributed by atoms with van der Waals surface area (Å²) in [4.78, 5) is 42.3. The zero-order chi connectivity index (χ0) is 24.2. The lowest BCUT2D eigenvalue weighted by atomic mass is 10.1. The third-order valence-corrected chi connectivity index (χ3v) is 6.79. The first-order valence-corrected chi connectivity index (χ1v) is 12.1. The van der Waals surface area contributed by atoms with Crippen molar-refractivity contribution in [2.75, 3.05) is 11.1 Å². The lowest BCUT2D eigenvalue weighted by Crippen LogP contribution is -2.37. The van der Waals surface area contributed by atoms with Crippen molar-refractivity contribution < 1.29 is 4.79 Å². The number of fused-ring (bicyclic) bond motifs is 1. The molecule has 0 spiro atoms. The number of para-hydroxylation sites is 1. The van der Waals surface area contributed by atoms with Crippen molar-refractivity contribution in [3.8, 4) is 0 Å². The molecule has 0 saturated carbocycles. The van der Waals surface area contributed by atoms with Gasteiger partial charge in [0.2, 0.25) is 5.91 Å². The SMILES string of the molecule is Cn1c(=O)c2nc(SCCC(=O)Nc3ccccc3Cl)n(CCc3ccccc3)c2n(C)c1=O. The van der Waals surface area contributed by atoms with Crippen molar-refractivity contribution in [3.05, 3.63) is 86.0 Å². The number of benzene rings is 2. The Morgan fingerprint density at radius 3 is 2.47 bits per heavy atom. The summed E-state index contributed by atoms with van der Waals surface area (Å²) in [6.45, 7) is 0.537. The van der Waals surface area contributed by atoms with Crippen molar-refractivity contribution in [2.24, 2.45) is 14.1 Å². The highest BCUT2D eigenvalue weighted by atomic mass is 35.5. The molecule has 10 heteroatoms. The first-order chi connectivity index (χ1) is 16.4. The maximum absolute atomic E-state index is 12.7. The average molecular weight is 498 g/mol. The van der Waals surface area contributed by atoms with E-state index in [9.17, 15) is 14.4 Å². The van der Waals surface area contributed by atoms with Gasteiger partial charge in [0.05, 0.1) is 10.7 Å². The summed E-state index contributed by atoms with van der Waals surface area (Å²) in [5.74, 6) is 0.273. The van der Waals surface area contributed by atoms with Gasteiger partial charge >= 0.3 is 5.69 Å². The fourth-order valence-corrected chi connectivity index (χ4v) is 4.82. The molecular formula is C24H24ClN5O3S. The zero-order valence-electron chi connectivity index (χ0n) is 18.8. The first kappa shape index (κ1) is 23.8. The van der Waals surface area contributed by atoms with Gasteiger partial charge in [-0.1, -0.05) is 65.8 Å². The molecule has 34 heavy (non-hydrogen) atoms. The molecule has 2 aromatic carbocycles. The minimum Gasteiger partial charge on any atom is -0.325 e. The van der Waals surface area contributed by atoms with Crippen LogP contribution in [0.3, 0.4) is 0 Å². The molecule has 0 bridgehead atoms. The van der Waals surface area contributed by atoms with E-state index in [-0.39, 0.29) is 17.8 Å². The summed E-state index contributed by atoms with van der Waals surface area (Å²) in [6, 6.07) is 17.0. The molecule has 4 rings (SSSR count). The van der Waals surface area contributed by atoms with E-state index in [0.717, 1.165) is 10.1 Å². The minimum absolute atomic E-state index is 0.170. The van der Waals surface area contributed by atoms with Crippen molar-refractivity contribution in [3.63, 3.8) is 0 Å². The van der Waals surface area contributed by atoms with Gasteiger partial charge in [-0.15, -0.1) is 0 Å². The van der Waals surface area contributed by atoms with Crippen LogP contribution in [0, 0.1) is 0 Å². The van der Waals surface area contributed by atoms with E-state index in [0.29, 0.717) is 40.2 Å². The van der Waals surface area contributed by atoms with Crippen molar-refractivity contribution in [2.45, 2.75) is 24.5 Å². The summed E-state index contributed by atoms with van der Waals surface area (Å²) in [6.07, 6.45) is 0.935. The maximum atomic E-state index is 12.7. The van der Waals surface area contributed by atoms with Crippen LogP contribution in [0.25, 0.3) is 11.2 Å². The fourth-order valence-electron chi connectivity index (χ4n) is 3.68. The van der Waals surface area contributed by atoms with Gasteiger partial charge < -0.3 is 9.88 Å². The number of nitrogens with zero attached hydrogens (tertiary/aromatic N) is 4. The number of nitrogens with one attached hydrogen (secondary N) is 1. The lowest BCUT2D eigenvalue weighted by molar-refractivity contribution is -0.115. The Labute approximate surface area is 205 Å². The van der Waals surface area contributed by atoms with Gasteiger partial charge in [-0.3, -0.25) is 18.7 Å². The van der Waals surface area contributed by atoms with Gasteiger partial charge in [0.15, 0.2) is 16.3 Å². The van der Waals surface area contributed by atoms with Gasteiger partial charge in [-0.25, -0.2) is 9.78 Å². The third-order valence-electron chi connectivity index (χ3n) is 5.48. The van der Waals surface area contributed by atoms with E-state index in [1.165, 1.54) is 23.4 Å². The van der Waals surface area contributed by atoms with Gasteiger partial charge in [-0.05, 0) is 24.1 Å². The Morgan fingerprint density at radius 2 is 1.74 bits per heavy atom. The van der Waals surface area contributed by atoms with Gasteiger partial charge in [0.1, 0.15) is 0 Å². The molecule has 0 fully saturated rings. The molecule has 0 atom stereocenters. The summed E-state index contributed by atoms with van der Waals surface area (Å²) in [5.41, 5.74) is 1.57. The number of carbonyl (C=O) groups is 1. The second-order valence-electron chi connectivity index (χ2n) is 7.79. The third kappa shape index (κ3) is 4.95. The van der Waals surface area contributed by atoms with Crippen molar-refractivity contribution in [1.29, 1.82) is 0 Å². The number of thioether (sulfide) groups is 1. The van der Waals surface area contributed by atoms with Crippen LogP contribution in [0.4, 0.5) is 5.69 Å². The number of rotatable bonds is 8. The second-order valence-corrected chi connectivity index (χ2v) is 9.26. The molecule has 8 nitrogen and oxygen atoms in total. The monoisotopic (exact) mass is 497 g/mol. The second kappa shape index (κ2) is 10.3. The highest BCUT2D eigenvalue weighted by molar-refractivity contribution is 7.99. The quantitative estimate of drug-likeness (QED) is 0.376. The Hall–Kier alpha value is -3.30. The van der Waals surface area contributed by atoms with E-state index in [4.69, 9.17) is 11.6 Å². The first-order valence-electron chi connectivity index (χ1n) is 10.7. The molecule has 0 aliphatic rings. The fraction of sp³-hybridized carbons (Fsp3) is 0.250. The molecule has 4 aromatic rings. The Balaban J connectivity index is 1.58. The van der Waals surface area contributed by atoms with E-state index >= 15 is 0 Å². The molecule has 176 valence electrons. The Bertz CT molecular complexity index is 1460. The number of aryl methyl sites for hydroxylation is 3. The molecule has 0 aliphatic carbocycles. The molecule has 0 saturated heterocycles. The number of amides is 1. The number of aromatic nitrogens is 4. The predicted molar refractivity (Wildman–Crippen MR) is 136 cm³/mol. The van der Waals surface area contributed by atoms with E-state index in [1.807, 2.05) is 34.9 Å². The van der Waals surface area contributed by atoms with Crippen LogP contribution in [0.5, 0.6) is 0 Å². The molecule has 1 N–H and O–H groups in total. The summed E-state index contributed by atoms with van der Waals surface area (Å²) < 4.78 is 4.40. The average Bonchev–Trinajstić information content (AvgIpc) is 3.20. The van der Waals surface area contributed by atoms with Crippen LogP contribution in [-0.4, -0.2) is 30.3 Å². The highest BCUT2D eigenvalue weighted by Gasteiger charge is 2.19. The van der Waals surface area contributed by atoms with Gasteiger partial charge in [0.25, 0.3) is 5.56 Å². The van der Waals surface area contributed by atoms with Crippen LogP contribution in [-0.2, 0) is 31.9 Å². The topological polar surface area (TPSA) is 90.9 Å². The molecule has 0 aliphatic heterocycles. The van der Waals surface area contributed by atoms with Crippen LogP contribution in [0.15, 0.2) is 69.3 Å². The Kier molecular flexibility index (Phi) is 7.23. The highest BCUT2D eigenvalue weighted by Crippen LogP contribution is 2.24.